The zero-order valence-electron chi connectivity index (χ0n) is 34.0. The zero-order chi connectivity index (χ0) is 40.6. The van der Waals surface area contributed by atoms with Crippen LogP contribution in [0.25, 0.3) is 101 Å². The van der Waals surface area contributed by atoms with Crippen molar-refractivity contribution in [3.8, 4) is 39.1 Å². The highest BCUT2D eigenvalue weighted by atomic mass is 32.1. The van der Waals surface area contributed by atoms with Gasteiger partial charge < -0.3 is 4.57 Å². The third-order valence-electron chi connectivity index (χ3n) is 12.9. The predicted octanol–water partition coefficient (Wildman–Crippen LogP) is 17.4. The minimum atomic E-state index is 0.209. The van der Waals surface area contributed by atoms with Gasteiger partial charge in [0.2, 0.25) is 0 Å². The highest BCUT2D eigenvalue weighted by Crippen LogP contribution is 2.48. The topological polar surface area (TPSA) is 4.93 Å². The zero-order valence-corrected chi connectivity index (χ0v) is 35.7. The van der Waals surface area contributed by atoms with Gasteiger partial charge in [-0.3, -0.25) is 0 Å². The lowest BCUT2D eigenvalue weighted by molar-refractivity contribution is 0.780. The molecule has 0 saturated carbocycles. The van der Waals surface area contributed by atoms with E-state index >= 15 is 0 Å². The molecule has 290 valence electrons. The molecule has 61 heavy (non-hydrogen) atoms. The number of aryl methyl sites for hydroxylation is 1. The Bertz CT molecular complexity index is 3660. The van der Waals surface area contributed by atoms with Crippen LogP contribution in [-0.2, 0) is 0 Å². The molecule has 0 amide bonds. The molecule has 0 radical (unpaired) electrons. The second-order valence-corrected chi connectivity index (χ2v) is 18.4. The molecule has 9 aromatic carbocycles. The Hall–Kier alpha value is -6.78. The molecule has 3 heteroatoms. The summed E-state index contributed by atoms with van der Waals surface area (Å²) >= 11 is 3.85. The molecule has 0 aliphatic rings. The number of fused-ring (bicyclic) bond motifs is 9. The molecule has 0 aliphatic heterocycles. The second kappa shape index (κ2) is 14.4. The lowest BCUT2D eigenvalue weighted by Gasteiger charge is -2.22. The number of aromatic nitrogens is 1. The van der Waals surface area contributed by atoms with Crippen LogP contribution < -0.4 is 0 Å². The fourth-order valence-corrected chi connectivity index (χ4v) is 12.5. The molecule has 0 saturated heterocycles. The number of para-hydroxylation sites is 2. The van der Waals surface area contributed by atoms with E-state index in [1.165, 1.54) is 118 Å². The van der Waals surface area contributed by atoms with Crippen molar-refractivity contribution in [2.75, 3.05) is 0 Å². The summed E-state index contributed by atoms with van der Waals surface area (Å²) in [6, 6.07) is 72.4. The summed E-state index contributed by atoms with van der Waals surface area (Å²) in [6.07, 6.45) is 0.990. The third-order valence-corrected chi connectivity index (χ3v) is 15.3. The van der Waals surface area contributed by atoms with Gasteiger partial charge in [0.15, 0.2) is 0 Å². The van der Waals surface area contributed by atoms with Crippen LogP contribution in [0.3, 0.4) is 0 Å². The summed E-state index contributed by atoms with van der Waals surface area (Å²) in [7, 11) is 0. The Balaban J connectivity index is 0.988. The Labute approximate surface area is 363 Å². The Morgan fingerprint density at radius 3 is 1.82 bits per heavy atom. The number of rotatable bonds is 7. The maximum atomic E-state index is 2.53. The minimum Gasteiger partial charge on any atom is -0.309 e. The van der Waals surface area contributed by atoms with Gasteiger partial charge in [-0.25, -0.2) is 0 Å². The summed E-state index contributed by atoms with van der Waals surface area (Å²) in [5.74, 6) is 0.209. The van der Waals surface area contributed by atoms with E-state index in [4.69, 9.17) is 0 Å². The Morgan fingerprint density at radius 1 is 0.426 bits per heavy atom. The highest BCUT2D eigenvalue weighted by molar-refractivity contribution is 7.27. The molecule has 1 atom stereocenters. The number of hydrogen-bond acceptors (Lipinski definition) is 2. The summed E-state index contributed by atoms with van der Waals surface area (Å²) in [4.78, 5) is 0. The van der Waals surface area contributed by atoms with E-state index in [1.54, 1.807) is 0 Å². The van der Waals surface area contributed by atoms with Gasteiger partial charge in [-0.2, -0.15) is 0 Å². The van der Waals surface area contributed by atoms with Crippen molar-refractivity contribution in [2.45, 2.75) is 26.2 Å². The van der Waals surface area contributed by atoms with E-state index in [0.29, 0.717) is 0 Å². The predicted molar refractivity (Wildman–Crippen MR) is 266 cm³/mol. The fraction of sp³-hybridized carbons (Fsp3) is 0.0690. The lowest BCUT2D eigenvalue weighted by atomic mass is 9.82. The van der Waals surface area contributed by atoms with E-state index < -0.39 is 0 Å². The molecule has 1 unspecified atom stereocenters. The average molecular weight is 816 g/mol. The van der Waals surface area contributed by atoms with Crippen molar-refractivity contribution in [1.29, 1.82) is 0 Å². The van der Waals surface area contributed by atoms with Gasteiger partial charge in [-0.1, -0.05) is 153 Å². The monoisotopic (exact) mass is 815 g/mol. The quantitative estimate of drug-likeness (QED) is 0.151. The fourth-order valence-electron chi connectivity index (χ4n) is 10.0. The SMILES string of the molecule is CCC(c1cc(-c2cccc3c2sc2ccccc23)c2sc3ccccc3c2c1)c1ccccc1-c1ccc(-c2ccc3c4ccccc4n(-c4ccccc4)c3c2)cc1C. The van der Waals surface area contributed by atoms with Gasteiger partial charge >= 0.3 is 0 Å². The van der Waals surface area contributed by atoms with Crippen molar-refractivity contribution in [3.63, 3.8) is 0 Å². The van der Waals surface area contributed by atoms with Gasteiger partial charge in [-0.05, 0) is 101 Å². The first-order chi connectivity index (χ1) is 30.1. The van der Waals surface area contributed by atoms with Gasteiger partial charge in [-0.15, -0.1) is 22.7 Å². The van der Waals surface area contributed by atoms with E-state index in [1.807, 2.05) is 22.7 Å². The number of benzene rings is 9. The van der Waals surface area contributed by atoms with Crippen LogP contribution in [0.4, 0.5) is 0 Å². The maximum Gasteiger partial charge on any atom is 0.0547 e. The van der Waals surface area contributed by atoms with Crippen LogP contribution >= 0.6 is 22.7 Å². The van der Waals surface area contributed by atoms with E-state index in [0.717, 1.165) is 6.42 Å². The molecule has 0 aliphatic carbocycles. The van der Waals surface area contributed by atoms with Crippen LogP contribution in [-0.4, -0.2) is 4.57 Å². The molecule has 1 nitrogen and oxygen atoms in total. The lowest BCUT2D eigenvalue weighted by Crippen LogP contribution is -2.03. The van der Waals surface area contributed by atoms with Crippen molar-refractivity contribution in [2.24, 2.45) is 0 Å². The number of nitrogens with zero attached hydrogens (tertiary/aromatic N) is 1. The second-order valence-electron chi connectivity index (χ2n) is 16.3. The third kappa shape index (κ3) is 5.80. The van der Waals surface area contributed by atoms with Crippen molar-refractivity contribution >= 4 is 84.8 Å². The normalized spacial score (nSPS) is 12.4. The Kier molecular flexibility index (Phi) is 8.55. The first-order valence-corrected chi connectivity index (χ1v) is 22.9. The molecule has 0 N–H and O–H groups in total. The number of thiophene rings is 2. The summed E-state index contributed by atoms with van der Waals surface area (Å²) in [5.41, 5.74) is 15.4. The maximum absolute atomic E-state index is 2.53. The molecule has 12 rings (SSSR count). The molecular formula is C58H41NS2. The van der Waals surface area contributed by atoms with Crippen LogP contribution in [0.15, 0.2) is 194 Å². The first-order valence-electron chi connectivity index (χ1n) is 21.3. The van der Waals surface area contributed by atoms with Gasteiger partial charge in [0.05, 0.1) is 11.0 Å². The van der Waals surface area contributed by atoms with Crippen LogP contribution in [0, 0.1) is 6.92 Å². The van der Waals surface area contributed by atoms with Gasteiger partial charge in [0.25, 0.3) is 0 Å². The highest BCUT2D eigenvalue weighted by Gasteiger charge is 2.23. The molecule has 0 bridgehead atoms. The summed E-state index contributed by atoms with van der Waals surface area (Å²) < 4.78 is 7.81. The summed E-state index contributed by atoms with van der Waals surface area (Å²) in [5, 5.41) is 7.92. The van der Waals surface area contributed by atoms with Crippen molar-refractivity contribution in [1.82, 2.24) is 4.57 Å². The molecule has 0 fully saturated rings. The van der Waals surface area contributed by atoms with E-state index in [-0.39, 0.29) is 5.92 Å². The van der Waals surface area contributed by atoms with Crippen LogP contribution in [0.1, 0.15) is 36.0 Å². The van der Waals surface area contributed by atoms with Gasteiger partial charge in [0, 0.05) is 73.8 Å². The van der Waals surface area contributed by atoms with E-state index in [2.05, 4.69) is 213 Å². The molecular weight excluding hydrogens is 775 g/mol. The summed E-state index contributed by atoms with van der Waals surface area (Å²) in [6.45, 7) is 4.63. The molecule has 0 spiro atoms. The van der Waals surface area contributed by atoms with Crippen LogP contribution in [0.5, 0.6) is 0 Å². The molecule has 3 heterocycles. The van der Waals surface area contributed by atoms with Crippen molar-refractivity contribution in [3.05, 3.63) is 211 Å². The van der Waals surface area contributed by atoms with Crippen LogP contribution in [0.2, 0.25) is 0 Å². The molecule has 3 aromatic heterocycles. The van der Waals surface area contributed by atoms with Gasteiger partial charge in [0.1, 0.15) is 0 Å². The van der Waals surface area contributed by atoms with E-state index in [9.17, 15) is 0 Å². The minimum absolute atomic E-state index is 0.209. The number of hydrogen-bond donors (Lipinski definition) is 0. The standard InChI is InChI=1S/C58H41NS2/c1-3-41(39-33-51-48-22-11-14-27-56(48)61-58(51)52(34-39)50-24-15-23-49-47-21-10-13-26-55(47)60-57(49)50)43-18-7-8-19-44(43)42-30-28-37(32-36(42)2)38-29-31-46-45-20-9-12-25-53(45)59(54(46)35-38)40-16-5-4-6-17-40/h4-35,41H,3H2,1-2H3. The average Bonchev–Trinajstić information content (AvgIpc) is 3.99. The smallest absolute Gasteiger partial charge is 0.0547 e. The molecule has 12 aromatic rings. The Morgan fingerprint density at radius 2 is 1.03 bits per heavy atom. The first kappa shape index (κ1) is 36.1. The largest absolute Gasteiger partial charge is 0.309 e. The van der Waals surface area contributed by atoms with Crippen molar-refractivity contribution < 1.29 is 0 Å².